The summed E-state index contributed by atoms with van der Waals surface area (Å²) in [6.07, 6.45) is -4.93. The molecular weight excluding hydrogens is 375 g/mol. The van der Waals surface area contributed by atoms with E-state index in [1.165, 1.54) is 19.2 Å². The molecule has 150 valence electrons. The number of alkyl halides is 3. The number of rotatable bonds is 8. The fraction of sp³-hybridized carbons (Fsp3) is 0.300. The summed E-state index contributed by atoms with van der Waals surface area (Å²) in [5.41, 5.74) is 0.148. The van der Waals surface area contributed by atoms with Gasteiger partial charge in [-0.2, -0.15) is 13.2 Å². The summed E-state index contributed by atoms with van der Waals surface area (Å²) in [6.45, 7) is 0. The van der Waals surface area contributed by atoms with Crippen molar-refractivity contribution in [1.82, 2.24) is 5.32 Å². The van der Waals surface area contributed by atoms with Crippen LogP contribution in [0.25, 0.3) is 0 Å². The van der Waals surface area contributed by atoms with Crippen LogP contribution in [0.5, 0.6) is 5.75 Å². The van der Waals surface area contributed by atoms with Crippen LogP contribution in [0.3, 0.4) is 0 Å². The Labute approximate surface area is 160 Å². The molecule has 0 fully saturated rings. The third kappa shape index (κ3) is 6.61. The van der Waals surface area contributed by atoms with Crippen molar-refractivity contribution < 1.29 is 32.6 Å². The minimum atomic E-state index is -4.49. The van der Waals surface area contributed by atoms with Crippen LogP contribution in [0.15, 0.2) is 48.5 Å². The van der Waals surface area contributed by atoms with Crippen LogP contribution < -0.4 is 10.1 Å². The van der Waals surface area contributed by atoms with Crippen LogP contribution in [-0.2, 0) is 28.6 Å². The van der Waals surface area contributed by atoms with Gasteiger partial charge in [0, 0.05) is 6.04 Å². The smallest absolute Gasteiger partial charge is 0.416 e. The Kier molecular flexibility index (Phi) is 7.03. The van der Waals surface area contributed by atoms with Gasteiger partial charge < -0.3 is 15.2 Å². The number of aliphatic carboxylic acids is 1. The summed E-state index contributed by atoms with van der Waals surface area (Å²) < 4.78 is 43.7. The van der Waals surface area contributed by atoms with E-state index in [2.05, 4.69) is 5.32 Å². The Balaban J connectivity index is 2.08. The maximum absolute atomic E-state index is 12.9. The Morgan fingerprint density at radius 3 is 2.43 bits per heavy atom. The molecular formula is C20H20F3NO4. The van der Waals surface area contributed by atoms with Gasteiger partial charge in [-0.25, -0.2) is 0 Å². The van der Waals surface area contributed by atoms with E-state index >= 15 is 0 Å². The number of hydrogen-bond donors (Lipinski definition) is 2. The molecule has 1 unspecified atom stereocenters. The topological polar surface area (TPSA) is 75.6 Å². The number of methoxy groups -OCH3 is 1. The molecule has 0 aliphatic rings. The largest absolute Gasteiger partial charge is 0.497 e. The third-order valence-electron chi connectivity index (χ3n) is 4.02. The van der Waals surface area contributed by atoms with Gasteiger partial charge in [0.1, 0.15) is 5.75 Å². The average Bonchev–Trinajstić information content (AvgIpc) is 2.60. The van der Waals surface area contributed by atoms with Crippen molar-refractivity contribution in [2.45, 2.75) is 31.5 Å². The third-order valence-corrected chi connectivity index (χ3v) is 4.02. The SMILES string of the molecule is COc1cccc(CC(=O)NC(CC(=O)O)Cc2cccc(C(F)(F)F)c2)c1. The van der Waals surface area contributed by atoms with Gasteiger partial charge in [-0.15, -0.1) is 0 Å². The van der Waals surface area contributed by atoms with Crippen LogP contribution in [0.1, 0.15) is 23.1 Å². The molecule has 0 bridgehead atoms. The Bertz CT molecular complexity index is 836. The van der Waals surface area contributed by atoms with Crippen molar-refractivity contribution in [1.29, 1.82) is 0 Å². The van der Waals surface area contributed by atoms with Crippen molar-refractivity contribution in [3.8, 4) is 5.75 Å². The quantitative estimate of drug-likeness (QED) is 0.718. The van der Waals surface area contributed by atoms with E-state index in [4.69, 9.17) is 9.84 Å². The molecule has 5 nitrogen and oxygen atoms in total. The van der Waals surface area contributed by atoms with E-state index in [9.17, 15) is 22.8 Å². The second kappa shape index (κ2) is 9.25. The molecule has 2 aromatic carbocycles. The number of nitrogens with one attached hydrogen (secondary N) is 1. The normalized spacial score (nSPS) is 12.3. The summed E-state index contributed by atoms with van der Waals surface area (Å²) in [5.74, 6) is -0.999. The molecule has 1 amide bonds. The van der Waals surface area contributed by atoms with Crippen LogP contribution in [0.2, 0.25) is 0 Å². The number of halogens is 3. The fourth-order valence-electron chi connectivity index (χ4n) is 2.79. The zero-order valence-corrected chi connectivity index (χ0v) is 15.1. The lowest BCUT2D eigenvalue weighted by atomic mass is 10.0. The number of ether oxygens (including phenoxy) is 1. The van der Waals surface area contributed by atoms with Gasteiger partial charge in [-0.3, -0.25) is 9.59 Å². The van der Waals surface area contributed by atoms with Gasteiger partial charge in [0.25, 0.3) is 0 Å². The molecule has 28 heavy (non-hydrogen) atoms. The van der Waals surface area contributed by atoms with Crippen molar-refractivity contribution in [2.24, 2.45) is 0 Å². The first kappa shape index (κ1) is 21.3. The van der Waals surface area contributed by atoms with E-state index in [0.717, 1.165) is 12.1 Å². The summed E-state index contributed by atoms with van der Waals surface area (Å²) >= 11 is 0. The second-order valence-electron chi connectivity index (χ2n) is 6.29. The highest BCUT2D eigenvalue weighted by molar-refractivity contribution is 5.79. The van der Waals surface area contributed by atoms with Crippen LogP contribution in [-0.4, -0.2) is 30.1 Å². The van der Waals surface area contributed by atoms with Crippen LogP contribution in [0, 0.1) is 0 Å². The lowest BCUT2D eigenvalue weighted by Gasteiger charge is -2.18. The molecule has 0 saturated heterocycles. The lowest BCUT2D eigenvalue weighted by molar-refractivity contribution is -0.139. The Hall–Kier alpha value is -3.03. The first-order valence-corrected chi connectivity index (χ1v) is 8.47. The highest BCUT2D eigenvalue weighted by Gasteiger charge is 2.30. The van der Waals surface area contributed by atoms with Crippen molar-refractivity contribution in [3.63, 3.8) is 0 Å². The van der Waals surface area contributed by atoms with Gasteiger partial charge in [0.15, 0.2) is 0 Å². The van der Waals surface area contributed by atoms with Crippen molar-refractivity contribution >= 4 is 11.9 Å². The van der Waals surface area contributed by atoms with Gasteiger partial charge in [-0.05, 0) is 35.7 Å². The first-order valence-electron chi connectivity index (χ1n) is 8.47. The summed E-state index contributed by atoms with van der Waals surface area (Å²) in [5, 5.41) is 11.7. The molecule has 8 heteroatoms. The lowest BCUT2D eigenvalue weighted by Crippen LogP contribution is -2.39. The predicted molar refractivity (Wildman–Crippen MR) is 96.0 cm³/mol. The molecule has 0 heterocycles. The van der Waals surface area contributed by atoms with E-state index < -0.39 is 36.1 Å². The summed E-state index contributed by atoms with van der Waals surface area (Å²) in [4.78, 5) is 23.4. The number of carbonyl (C=O) groups excluding carboxylic acids is 1. The summed E-state index contributed by atoms with van der Waals surface area (Å²) in [7, 11) is 1.50. The average molecular weight is 395 g/mol. The number of carboxylic acids is 1. The molecule has 2 N–H and O–H groups in total. The molecule has 0 aromatic heterocycles. The maximum atomic E-state index is 12.9. The standard InChI is InChI=1S/C20H20F3NO4/c1-28-17-7-3-5-14(10-17)11-18(25)24-16(12-19(26)27)9-13-4-2-6-15(8-13)20(21,22)23/h2-8,10,16H,9,11-12H2,1H3,(H,24,25)(H,26,27). The highest BCUT2D eigenvalue weighted by Crippen LogP contribution is 2.29. The minimum absolute atomic E-state index is 0.00406. The number of carbonyl (C=O) groups is 2. The fourth-order valence-corrected chi connectivity index (χ4v) is 2.79. The van der Waals surface area contributed by atoms with E-state index in [-0.39, 0.29) is 12.8 Å². The Morgan fingerprint density at radius 2 is 1.79 bits per heavy atom. The first-order chi connectivity index (χ1) is 13.2. The Morgan fingerprint density at radius 1 is 1.11 bits per heavy atom. The number of carboxylic acid groups (broad SMARTS) is 1. The highest BCUT2D eigenvalue weighted by atomic mass is 19.4. The molecule has 0 spiro atoms. The van der Waals surface area contributed by atoms with Gasteiger partial charge in [-0.1, -0.05) is 30.3 Å². The zero-order chi connectivity index (χ0) is 20.7. The molecule has 0 aliphatic heterocycles. The van der Waals surface area contributed by atoms with Gasteiger partial charge in [0.2, 0.25) is 5.91 Å². The molecule has 1 atom stereocenters. The molecule has 0 aliphatic carbocycles. The van der Waals surface area contributed by atoms with Gasteiger partial charge >= 0.3 is 12.1 Å². The van der Waals surface area contributed by atoms with Crippen molar-refractivity contribution in [2.75, 3.05) is 7.11 Å². The monoisotopic (exact) mass is 395 g/mol. The minimum Gasteiger partial charge on any atom is -0.497 e. The van der Waals surface area contributed by atoms with Gasteiger partial charge in [0.05, 0.1) is 25.5 Å². The molecule has 0 radical (unpaired) electrons. The second-order valence-corrected chi connectivity index (χ2v) is 6.29. The van der Waals surface area contributed by atoms with E-state index in [0.29, 0.717) is 16.9 Å². The number of amides is 1. The van der Waals surface area contributed by atoms with Crippen molar-refractivity contribution in [3.05, 3.63) is 65.2 Å². The molecule has 0 saturated carbocycles. The maximum Gasteiger partial charge on any atom is 0.416 e. The van der Waals surface area contributed by atoms with Crippen LogP contribution >= 0.6 is 0 Å². The molecule has 2 aromatic rings. The molecule has 2 rings (SSSR count). The number of hydrogen-bond acceptors (Lipinski definition) is 3. The summed E-state index contributed by atoms with van der Waals surface area (Å²) in [6, 6.07) is 10.6. The number of benzene rings is 2. The predicted octanol–water partition coefficient (Wildman–Crippen LogP) is 3.46. The van der Waals surface area contributed by atoms with E-state index in [1.807, 2.05) is 0 Å². The van der Waals surface area contributed by atoms with E-state index in [1.54, 1.807) is 24.3 Å². The van der Waals surface area contributed by atoms with Crippen LogP contribution in [0.4, 0.5) is 13.2 Å². The zero-order valence-electron chi connectivity index (χ0n) is 15.1.